The molecule has 1 heterocycles. The third-order valence-electron chi connectivity index (χ3n) is 4.12. The molecule has 1 aromatic carbocycles. The zero-order valence-electron chi connectivity index (χ0n) is 12.3. The quantitative estimate of drug-likeness (QED) is 0.884. The summed E-state index contributed by atoms with van der Waals surface area (Å²) in [5.74, 6) is 0.167. The van der Waals surface area contributed by atoms with Crippen LogP contribution in [-0.2, 0) is 4.79 Å². The first-order chi connectivity index (χ1) is 10.8. The van der Waals surface area contributed by atoms with Crippen molar-refractivity contribution >= 4 is 22.2 Å². The van der Waals surface area contributed by atoms with Crippen molar-refractivity contribution in [2.24, 2.45) is 5.92 Å². The highest BCUT2D eigenvalue weighted by molar-refractivity contribution is 7.19. The highest BCUT2D eigenvalue weighted by Crippen LogP contribution is 2.36. The average Bonchev–Trinajstić information content (AvgIpc) is 2.99. The van der Waals surface area contributed by atoms with Crippen LogP contribution >= 0.6 is 11.3 Å². The Balaban J connectivity index is 1.80. The maximum atomic E-state index is 12.4. The molecule has 1 saturated carbocycles. The SMILES string of the molecule is N#Cc1cc(-c2ccccc2)sc1NC(=O)C1CCCCC1. The molecule has 0 bridgehead atoms. The number of nitrogens with zero attached hydrogens (tertiary/aromatic N) is 1. The summed E-state index contributed by atoms with van der Waals surface area (Å²) < 4.78 is 0. The second-order valence-electron chi connectivity index (χ2n) is 5.66. The third-order valence-corrected chi connectivity index (χ3v) is 5.22. The standard InChI is InChI=1S/C18H18N2OS/c19-12-15-11-16(13-7-3-1-4-8-13)22-18(15)20-17(21)14-9-5-2-6-10-14/h1,3-4,7-8,11,14H,2,5-6,9-10H2,(H,20,21). The fourth-order valence-corrected chi connectivity index (χ4v) is 3.91. The number of amides is 1. The molecule has 0 unspecified atom stereocenters. The van der Waals surface area contributed by atoms with Crippen molar-refractivity contribution in [1.82, 2.24) is 0 Å². The zero-order valence-corrected chi connectivity index (χ0v) is 13.2. The maximum Gasteiger partial charge on any atom is 0.228 e. The van der Waals surface area contributed by atoms with Crippen molar-refractivity contribution in [3.63, 3.8) is 0 Å². The first kappa shape index (κ1) is 14.8. The zero-order chi connectivity index (χ0) is 15.4. The summed E-state index contributed by atoms with van der Waals surface area (Å²) in [6, 6.07) is 14.0. The number of anilines is 1. The molecule has 112 valence electrons. The summed E-state index contributed by atoms with van der Waals surface area (Å²) in [6.45, 7) is 0. The van der Waals surface area contributed by atoms with Gasteiger partial charge in [0.15, 0.2) is 0 Å². The number of thiophene rings is 1. The van der Waals surface area contributed by atoms with E-state index in [9.17, 15) is 10.1 Å². The van der Waals surface area contributed by atoms with Gasteiger partial charge in [-0.3, -0.25) is 4.79 Å². The van der Waals surface area contributed by atoms with Gasteiger partial charge in [-0.15, -0.1) is 11.3 Å². The summed E-state index contributed by atoms with van der Waals surface area (Å²) in [5, 5.41) is 13.0. The second kappa shape index (κ2) is 6.76. The van der Waals surface area contributed by atoms with Gasteiger partial charge in [-0.1, -0.05) is 49.6 Å². The average molecular weight is 310 g/mol. The predicted octanol–water partition coefficient (Wildman–Crippen LogP) is 4.81. The van der Waals surface area contributed by atoms with Crippen molar-refractivity contribution in [1.29, 1.82) is 5.26 Å². The number of nitriles is 1. The van der Waals surface area contributed by atoms with Crippen LogP contribution in [0.25, 0.3) is 10.4 Å². The molecule has 0 saturated heterocycles. The van der Waals surface area contributed by atoms with Crippen molar-refractivity contribution < 1.29 is 4.79 Å². The number of nitrogens with one attached hydrogen (secondary N) is 1. The van der Waals surface area contributed by atoms with Gasteiger partial charge in [0.2, 0.25) is 5.91 Å². The van der Waals surface area contributed by atoms with E-state index in [0.29, 0.717) is 10.6 Å². The van der Waals surface area contributed by atoms with Gasteiger partial charge in [0.1, 0.15) is 11.1 Å². The highest BCUT2D eigenvalue weighted by atomic mass is 32.1. The van der Waals surface area contributed by atoms with Crippen molar-refractivity contribution in [2.45, 2.75) is 32.1 Å². The van der Waals surface area contributed by atoms with Crippen LogP contribution in [0.2, 0.25) is 0 Å². The van der Waals surface area contributed by atoms with Gasteiger partial charge >= 0.3 is 0 Å². The number of carbonyl (C=O) groups excluding carboxylic acids is 1. The van der Waals surface area contributed by atoms with Crippen LogP contribution in [0, 0.1) is 17.2 Å². The molecule has 3 nitrogen and oxygen atoms in total. The minimum Gasteiger partial charge on any atom is -0.316 e. The van der Waals surface area contributed by atoms with E-state index in [-0.39, 0.29) is 11.8 Å². The molecule has 1 fully saturated rings. The maximum absolute atomic E-state index is 12.4. The fraction of sp³-hybridized carbons (Fsp3) is 0.333. The lowest BCUT2D eigenvalue weighted by molar-refractivity contribution is -0.120. The summed E-state index contributed by atoms with van der Waals surface area (Å²) in [7, 11) is 0. The Morgan fingerprint density at radius 3 is 2.59 bits per heavy atom. The minimum absolute atomic E-state index is 0.0673. The van der Waals surface area contributed by atoms with Gasteiger partial charge < -0.3 is 5.32 Å². The van der Waals surface area contributed by atoms with E-state index < -0.39 is 0 Å². The molecule has 1 amide bonds. The van der Waals surface area contributed by atoms with Crippen molar-refractivity contribution in [3.8, 4) is 16.5 Å². The molecular weight excluding hydrogens is 292 g/mol. The molecule has 1 aromatic heterocycles. The molecule has 1 aliphatic carbocycles. The Bertz CT molecular complexity index is 694. The first-order valence-electron chi connectivity index (χ1n) is 7.68. The Kier molecular flexibility index (Phi) is 4.55. The lowest BCUT2D eigenvalue weighted by Gasteiger charge is -2.20. The Morgan fingerprint density at radius 1 is 1.18 bits per heavy atom. The Hall–Kier alpha value is -2.12. The smallest absolute Gasteiger partial charge is 0.228 e. The van der Waals surface area contributed by atoms with E-state index in [2.05, 4.69) is 11.4 Å². The van der Waals surface area contributed by atoms with Gasteiger partial charge in [-0.2, -0.15) is 5.26 Å². The van der Waals surface area contributed by atoms with E-state index >= 15 is 0 Å². The molecule has 0 spiro atoms. The normalized spacial score (nSPS) is 15.2. The van der Waals surface area contributed by atoms with Crippen LogP contribution in [0.1, 0.15) is 37.7 Å². The molecule has 0 radical (unpaired) electrons. The number of hydrogen-bond donors (Lipinski definition) is 1. The first-order valence-corrected chi connectivity index (χ1v) is 8.50. The highest BCUT2D eigenvalue weighted by Gasteiger charge is 2.22. The van der Waals surface area contributed by atoms with Gasteiger partial charge in [-0.05, 0) is 24.5 Å². The lowest BCUT2D eigenvalue weighted by Crippen LogP contribution is -2.24. The second-order valence-corrected chi connectivity index (χ2v) is 6.71. The van der Waals surface area contributed by atoms with Gasteiger partial charge in [0.05, 0.1) is 5.56 Å². The topological polar surface area (TPSA) is 52.9 Å². The molecule has 22 heavy (non-hydrogen) atoms. The monoisotopic (exact) mass is 310 g/mol. The molecule has 1 aliphatic rings. The summed E-state index contributed by atoms with van der Waals surface area (Å²) in [5.41, 5.74) is 1.62. The summed E-state index contributed by atoms with van der Waals surface area (Å²) in [6.07, 6.45) is 5.41. The largest absolute Gasteiger partial charge is 0.316 e. The number of benzene rings is 1. The van der Waals surface area contributed by atoms with E-state index in [1.807, 2.05) is 36.4 Å². The van der Waals surface area contributed by atoms with Crippen molar-refractivity contribution in [3.05, 3.63) is 42.0 Å². The fourth-order valence-electron chi connectivity index (χ4n) is 2.89. The number of hydrogen-bond acceptors (Lipinski definition) is 3. The van der Waals surface area contributed by atoms with Crippen LogP contribution in [-0.4, -0.2) is 5.91 Å². The lowest BCUT2D eigenvalue weighted by atomic mass is 9.89. The molecule has 0 aliphatic heterocycles. The summed E-state index contributed by atoms with van der Waals surface area (Å²) in [4.78, 5) is 13.4. The molecular formula is C18H18N2OS. The predicted molar refractivity (Wildman–Crippen MR) is 89.7 cm³/mol. The van der Waals surface area contributed by atoms with Crippen LogP contribution in [0.3, 0.4) is 0 Å². The minimum atomic E-state index is 0.0673. The molecule has 4 heteroatoms. The van der Waals surface area contributed by atoms with Gasteiger partial charge in [0, 0.05) is 10.8 Å². The Morgan fingerprint density at radius 2 is 1.91 bits per heavy atom. The molecule has 0 atom stereocenters. The molecule has 2 aromatic rings. The van der Waals surface area contributed by atoms with Crippen molar-refractivity contribution in [2.75, 3.05) is 5.32 Å². The number of rotatable bonds is 3. The van der Waals surface area contributed by atoms with E-state index in [0.717, 1.165) is 36.1 Å². The van der Waals surface area contributed by atoms with E-state index in [1.165, 1.54) is 17.8 Å². The van der Waals surface area contributed by atoms with Crippen LogP contribution in [0.5, 0.6) is 0 Å². The van der Waals surface area contributed by atoms with E-state index in [1.54, 1.807) is 0 Å². The Labute approximate surface area is 134 Å². The van der Waals surface area contributed by atoms with Crippen LogP contribution < -0.4 is 5.32 Å². The third kappa shape index (κ3) is 3.20. The van der Waals surface area contributed by atoms with Crippen LogP contribution in [0.4, 0.5) is 5.00 Å². The van der Waals surface area contributed by atoms with Gasteiger partial charge in [0.25, 0.3) is 0 Å². The van der Waals surface area contributed by atoms with Crippen LogP contribution in [0.15, 0.2) is 36.4 Å². The van der Waals surface area contributed by atoms with E-state index in [4.69, 9.17) is 0 Å². The number of carbonyl (C=O) groups is 1. The van der Waals surface area contributed by atoms with Gasteiger partial charge in [-0.25, -0.2) is 0 Å². The molecule has 3 rings (SSSR count). The summed E-state index contributed by atoms with van der Waals surface area (Å²) >= 11 is 1.48. The molecule has 1 N–H and O–H groups in total.